The highest BCUT2D eigenvalue weighted by atomic mass is 79.9. The van der Waals surface area contributed by atoms with Crippen molar-refractivity contribution in [3.05, 3.63) is 27.8 Å². The molecule has 1 saturated heterocycles. The molecule has 0 atom stereocenters. The number of methoxy groups -OCH3 is 1. The van der Waals surface area contributed by atoms with E-state index in [0.29, 0.717) is 42.1 Å². The van der Waals surface area contributed by atoms with Gasteiger partial charge in [0.15, 0.2) is 0 Å². The predicted molar refractivity (Wildman–Crippen MR) is 96.3 cm³/mol. The van der Waals surface area contributed by atoms with Crippen molar-refractivity contribution in [1.82, 2.24) is 14.3 Å². The highest BCUT2D eigenvalue weighted by Gasteiger charge is 2.30. The first-order chi connectivity index (χ1) is 11.4. The summed E-state index contributed by atoms with van der Waals surface area (Å²) in [7, 11) is -1.87. The fraction of sp³-hybridized carbons (Fsp3) is 0.429. The van der Waals surface area contributed by atoms with Crippen molar-refractivity contribution in [3.8, 4) is 5.88 Å². The van der Waals surface area contributed by atoms with E-state index in [1.165, 1.54) is 15.6 Å². The lowest BCUT2D eigenvalue weighted by Crippen LogP contribution is -2.48. The Labute approximate surface area is 153 Å². The number of halogens is 1. The van der Waals surface area contributed by atoms with Gasteiger partial charge in [-0.25, -0.2) is 13.4 Å². The number of thiophene rings is 1. The molecule has 10 heteroatoms. The van der Waals surface area contributed by atoms with Crippen LogP contribution in [0.25, 0.3) is 0 Å². The zero-order chi connectivity index (χ0) is 17.3. The van der Waals surface area contributed by atoms with Crippen LogP contribution in [0.3, 0.4) is 0 Å². The van der Waals surface area contributed by atoms with Gasteiger partial charge in [0.25, 0.3) is 10.0 Å². The quantitative estimate of drug-likeness (QED) is 0.736. The van der Waals surface area contributed by atoms with Crippen LogP contribution in [0.2, 0.25) is 0 Å². The smallest absolute Gasteiger partial charge is 0.252 e. The lowest BCUT2D eigenvalue weighted by Gasteiger charge is -2.34. The molecular weight excluding hydrogens is 416 g/mol. The zero-order valence-corrected chi connectivity index (χ0v) is 16.5. The Bertz CT molecular complexity index is 832. The first kappa shape index (κ1) is 17.6. The third kappa shape index (κ3) is 3.56. The van der Waals surface area contributed by atoms with E-state index < -0.39 is 10.0 Å². The van der Waals surface area contributed by atoms with E-state index in [9.17, 15) is 8.42 Å². The van der Waals surface area contributed by atoms with Gasteiger partial charge in [0, 0.05) is 32.2 Å². The van der Waals surface area contributed by atoms with Gasteiger partial charge in [0.2, 0.25) is 5.88 Å². The van der Waals surface area contributed by atoms with Crippen molar-refractivity contribution in [1.29, 1.82) is 0 Å². The molecule has 7 nitrogen and oxygen atoms in total. The Kier molecular flexibility index (Phi) is 5.09. The van der Waals surface area contributed by atoms with Crippen LogP contribution in [0.4, 0.5) is 5.82 Å². The van der Waals surface area contributed by atoms with E-state index in [2.05, 4.69) is 25.9 Å². The Morgan fingerprint density at radius 3 is 2.50 bits per heavy atom. The molecule has 130 valence electrons. The third-order valence-corrected chi connectivity index (χ3v) is 7.71. The van der Waals surface area contributed by atoms with Crippen LogP contribution >= 0.6 is 27.3 Å². The third-order valence-electron chi connectivity index (χ3n) is 3.72. The van der Waals surface area contributed by atoms with Crippen LogP contribution in [0.1, 0.15) is 5.82 Å². The minimum Gasteiger partial charge on any atom is -0.481 e. The maximum Gasteiger partial charge on any atom is 0.252 e. The highest BCUT2D eigenvalue weighted by Crippen LogP contribution is 2.29. The van der Waals surface area contributed by atoms with Gasteiger partial charge in [0.1, 0.15) is 15.9 Å². The summed E-state index contributed by atoms with van der Waals surface area (Å²) >= 11 is 4.54. The fourth-order valence-electron chi connectivity index (χ4n) is 2.51. The van der Waals surface area contributed by atoms with Gasteiger partial charge in [0.05, 0.1) is 10.9 Å². The number of nitrogens with zero attached hydrogens (tertiary/aromatic N) is 4. The topological polar surface area (TPSA) is 75.6 Å². The van der Waals surface area contributed by atoms with Gasteiger partial charge < -0.3 is 9.64 Å². The number of hydrogen-bond donors (Lipinski definition) is 0. The molecule has 3 heterocycles. The summed E-state index contributed by atoms with van der Waals surface area (Å²) in [6, 6.07) is 5.16. The van der Waals surface area contributed by atoms with Crippen molar-refractivity contribution in [2.75, 3.05) is 38.2 Å². The first-order valence-corrected chi connectivity index (χ1v) is 10.4. The van der Waals surface area contributed by atoms with Crippen LogP contribution < -0.4 is 9.64 Å². The van der Waals surface area contributed by atoms with Gasteiger partial charge in [-0.3, -0.25) is 0 Å². The van der Waals surface area contributed by atoms with Crippen molar-refractivity contribution in [2.24, 2.45) is 0 Å². The maximum atomic E-state index is 12.6. The van der Waals surface area contributed by atoms with E-state index in [-0.39, 0.29) is 0 Å². The summed E-state index contributed by atoms with van der Waals surface area (Å²) in [5.41, 5.74) is 0. The number of ether oxygens (including phenoxy) is 1. The standard InChI is InChI=1S/C14H17BrN4O3S2/c1-10-16-12(9-13(17-10)22-2)18-5-7-19(8-6-18)24(20,21)14-4-3-11(15)23-14/h3-4,9H,5-8H2,1-2H3. The lowest BCUT2D eigenvalue weighted by atomic mass is 10.3. The first-order valence-electron chi connectivity index (χ1n) is 7.30. The second kappa shape index (κ2) is 6.95. The normalized spacial score (nSPS) is 16.4. The number of anilines is 1. The SMILES string of the molecule is COc1cc(N2CCN(S(=O)(=O)c3ccc(Br)s3)CC2)nc(C)n1. The average molecular weight is 433 g/mol. The number of rotatable bonds is 4. The predicted octanol–water partition coefficient (Wildman–Crippen LogP) is 2.13. The summed E-state index contributed by atoms with van der Waals surface area (Å²) in [4.78, 5) is 10.6. The molecule has 0 amide bonds. The van der Waals surface area contributed by atoms with Crippen molar-refractivity contribution in [3.63, 3.8) is 0 Å². The second-order valence-corrected chi connectivity index (χ2v) is 9.89. The Morgan fingerprint density at radius 2 is 1.92 bits per heavy atom. The number of piperazine rings is 1. The van der Waals surface area contributed by atoms with Crippen LogP contribution in [-0.4, -0.2) is 56.0 Å². The van der Waals surface area contributed by atoms with E-state index in [1.54, 1.807) is 32.2 Å². The van der Waals surface area contributed by atoms with Crippen molar-refractivity contribution < 1.29 is 13.2 Å². The van der Waals surface area contributed by atoms with Gasteiger partial charge in [-0.1, -0.05) is 0 Å². The number of sulfonamides is 1. The Morgan fingerprint density at radius 1 is 1.21 bits per heavy atom. The summed E-state index contributed by atoms with van der Waals surface area (Å²) in [5.74, 6) is 1.90. The van der Waals surface area contributed by atoms with E-state index in [1.807, 2.05) is 4.90 Å². The van der Waals surface area contributed by atoms with Crippen molar-refractivity contribution >= 4 is 43.1 Å². The number of aryl methyl sites for hydroxylation is 1. The second-order valence-electron chi connectivity index (χ2n) is 5.27. The summed E-state index contributed by atoms with van der Waals surface area (Å²) in [6.45, 7) is 3.80. The molecule has 1 fully saturated rings. The minimum atomic E-state index is -3.43. The minimum absolute atomic E-state index is 0.363. The molecule has 0 aromatic carbocycles. The molecule has 2 aromatic rings. The molecule has 0 unspecified atom stereocenters. The molecule has 0 bridgehead atoms. The molecular formula is C14H17BrN4O3S2. The summed E-state index contributed by atoms with van der Waals surface area (Å²) in [5, 5.41) is 0. The van der Waals surface area contributed by atoms with Gasteiger partial charge in [-0.15, -0.1) is 11.3 Å². The molecule has 24 heavy (non-hydrogen) atoms. The highest BCUT2D eigenvalue weighted by molar-refractivity contribution is 9.11. The van der Waals surface area contributed by atoms with Crippen LogP contribution in [0.5, 0.6) is 5.88 Å². The number of hydrogen-bond acceptors (Lipinski definition) is 7. The van der Waals surface area contributed by atoms with E-state index in [0.717, 1.165) is 9.60 Å². The molecule has 2 aromatic heterocycles. The molecule has 0 N–H and O–H groups in total. The zero-order valence-electron chi connectivity index (χ0n) is 13.3. The Balaban J connectivity index is 1.73. The maximum absolute atomic E-state index is 12.6. The molecule has 0 saturated carbocycles. The summed E-state index contributed by atoms with van der Waals surface area (Å²) in [6.07, 6.45) is 0. The monoisotopic (exact) mass is 432 g/mol. The molecule has 0 spiro atoms. The molecule has 3 rings (SSSR count). The molecule has 0 aliphatic carbocycles. The molecule has 1 aliphatic rings. The Hall–Kier alpha value is -1.23. The summed E-state index contributed by atoms with van der Waals surface area (Å²) < 4.78 is 33.2. The van der Waals surface area contributed by atoms with Gasteiger partial charge in [-0.05, 0) is 35.0 Å². The van der Waals surface area contributed by atoms with E-state index in [4.69, 9.17) is 4.74 Å². The molecule has 0 radical (unpaired) electrons. The lowest BCUT2D eigenvalue weighted by molar-refractivity contribution is 0.381. The largest absolute Gasteiger partial charge is 0.481 e. The van der Waals surface area contributed by atoms with Crippen LogP contribution in [0, 0.1) is 6.92 Å². The van der Waals surface area contributed by atoms with E-state index >= 15 is 0 Å². The van der Waals surface area contributed by atoms with Crippen molar-refractivity contribution in [2.45, 2.75) is 11.1 Å². The van der Waals surface area contributed by atoms with Crippen LogP contribution in [0.15, 0.2) is 26.2 Å². The fourth-order valence-corrected chi connectivity index (χ4v) is 6.10. The molecule has 1 aliphatic heterocycles. The van der Waals surface area contributed by atoms with Gasteiger partial charge in [-0.2, -0.15) is 9.29 Å². The average Bonchev–Trinajstić information content (AvgIpc) is 3.01. The van der Waals surface area contributed by atoms with Gasteiger partial charge >= 0.3 is 0 Å². The number of aromatic nitrogens is 2. The van der Waals surface area contributed by atoms with Crippen LogP contribution in [-0.2, 0) is 10.0 Å².